The van der Waals surface area contributed by atoms with Crippen LogP contribution in [0.5, 0.6) is 0 Å². The summed E-state index contributed by atoms with van der Waals surface area (Å²) < 4.78 is 5.22. The summed E-state index contributed by atoms with van der Waals surface area (Å²) in [4.78, 5) is 11.7. The van der Waals surface area contributed by atoms with Gasteiger partial charge in [0.1, 0.15) is 6.61 Å². The summed E-state index contributed by atoms with van der Waals surface area (Å²) in [6, 6.07) is 9.67. The van der Waals surface area contributed by atoms with Crippen LogP contribution in [0.2, 0.25) is 0 Å². The highest BCUT2D eigenvalue weighted by Crippen LogP contribution is 2.15. The lowest BCUT2D eigenvalue weighted by molar-refractivity contribution is 0.0472. The largest absolute Gasteiger partial charge is 0.457 e. The third-order valence-corrected chi connectivity index (χ3v) is 3.15. The predicted octanol–water partition coefficient (Wildman–Crippen LogP) is 3.41. The highest BCUT2D eigenvalue weighted by molar-refractivity contribution is 7.08. The van der Waals surface area contributed by atoms with Gasteiger partial charge in [0, 0.05) is 5.38 Å². The van der Waals surface area contributed by atoms with Crippen molar-refractivity contribution in [3.8, 4) is 0 Å². The summed E-state index contributed by atoms with van der Waals surface area (Å²) >= 11 is 1.52. The van der Waals surface area contributed by atoms with Crippen LogP contribution in [0.25, 0.3) is 0 Å². The van der Waals surface area contributed by atoms with Gasteiger partial charge >= 0.3 is 5.97 Å². The van der Waals surface area contributed by atoms with Crippen LogP contribution in [-0.2, 0) is 11.3 Å². The Bertz CT molecular complexity index is 474. The van der Waals surface area contributed by atoms with Crippen molar-refractivity contribution in [3.05, 3.63) is 57.8 Å². The van der Waals surface area contributed by atoms with Gasteiger partial charge < -0.3 is 4.74 Å². The van der Waals surface area contributed by atoms with E-state index in [1.807, 2.05) is 48.0 Å². The van der Waals surface area contributed by atoms with E-state index in [0.717, 1.165) is 11.1 Å². The average Bonchev–Trinajstić information content (AvgIpc) is 2.74. The van der Waals surface area contributed by atoms with Gasteiger partial charge in [-0.3, -0.25) is 0 Å². The number of carbonyl (C=O) groups excluding carboxylic acids is 1. The van der Waals surface area contributed by atoms with Gasteiger partial charge in [-0.15, -0.1) is 0 Å². The molecule has 0 unspecified atom stereocenters. The molecule has 3 heteroatoms. The fourth-order valence-electron chi connectivity index (χ4n) is 1.37. The topological polar surface area (TPSA) is 26.3 Å². The Morgan fingerprint density at radius 2 is 2.00 bits per heavy atom. The maximum atomic E-state index is 11.7. The standard InChI is InChI=1S/C13H12O2S/c1-10-8-16-9-12(10)13(14)15-7-11-5-3-2-4-6-11/h2-6,8-9H,7H2,1H3. The van der Waals surface area contributed by atoms with Gasteiger partial charge in [0.25, 0.3) is 0 Å². The predicted molar refractivity (Wildman–Crippen MR) is 64.6 cm³/mol. The lowest BCUT2D eigenvalue weighted by Gasteiger charge is -2.04. The first-order valence-electron chi connectivity index (χ1n) is 5.01. The van der Waals surface area contributed by atoms with E-state index >= 15 is 0 Å². The van der Waals surface area contributed by atoms with Gasteiger partial charge in [0.2, 0.25) is 0 Å². The van der Waals surface area contributed by atoms with Crippen LogP contribution in [0.1, 0.15) is 21.5 Å². The first kappa shape index (κ1) is 10.9. The third kappa shape index (κ3) is 2.49. The smallest absolute Gasteiger partial charge is 0.339 e. The van der Waals surface area contributed by atoms with E-state index < -0.39 is 0 Å². The van der Waals surface area contributed by atoms with Crippen molar-refractivity contribution in [2.75, 3.05) is 0 Å². The molecule has 1 aromatic carbocycles. The van der Waals surface area contributed by atoms with Crippen LogP contribution in [0.4, 0.5) is 0 Å². The van der Waals surface area contributed by atoms with E-state index in [-0.39, 0.29) is 5.97 Å². The minimum atomic E-state index is -0.248. The minimum Gasteiger partial charge on any atom is -0.457 e. The van der Waals surface area contributed by atoms with Crippen molar-refractivity contribution in [1.29, 1.82) is 0 Å². The van der Waals surface area contributed by atoms with E-state index in [9.17, 15) is 4.79 Å². The van der Waals surface area contributed by atoms with Gasteiger partial charge in [-0.25, -0.2) is 4.79 Å². The molecule has 0 aliphatic rings. The molecule has 0 aliphatic heterocycles. The second-order valence-electron chi connectivity index (χ2n) is 3.53. The molecule has 1 heterocycles. The summed E-state index contributed by atoms with van der Waals surface area (Å²) in [6.45, 7) is 2.24. The number of ether oxygens (including phenoxy) is 1. The van der Waals surface area contributed by atoms with E-state index in [0.29, 0.717) is 12.2 Å². The molecule has 0 aliphatic carbocycles. The van der Waals surface area contributed by atoms with Gasteiger partial charge in [0.15, 0.2) is 0 Å². The van der Waals surface area contributed by atoms with E-state index in [1.54, 1.807) is 0 Å². The van der Waals surface area contributed by atoms with Crippen molar-refractivity contribution >= 4 is 17.3 Å². The fraction of sp³-hybridized carbons (Fsp3) is 0.154. The van der Waals surface area contributed by atoms with Crippen molar-refractivity contribution in [3.63, 3.8) is 0 Å². The molecule has 2 nitrogen and oxygen atoms in total. The summed E-state index contributed by atoms with van der Waals surface area (Å²) in [6.07, 6.45) is 0. The molecule has 0 saturated carbocycles. The number of carbonyl (C=O) groups is 1. The first-order valence-corrected chi connectivity index (χ1v) is 5.95. The summed E-state index contributed by atoms with van der Waals surface area (Å²) in [5.41, 5.74) is 2.65. The molecule has 16 heavy (non-hydrogen) atoms. The quantitative estimate of drug-likeness (QED) is 0.758. The van der Waals surface area contributed by atoms with Crippen molar-refractivity contribution in [2.45, 2.75) is 13.5 Å². The minimum absolute atomic E-state index is 0.248. The summed E-state index contributed by atoms with van der Waals surface area (Å²) in [5.74, 6) is -0.248. The molecular weight excluding hydrogens is 220 g/mol. The van der Waals surface area contributed by atoms with E-state index in [1.165, 1.54) is 11.3 Å². The molecule has 2 aromatic rings. The van der Waals surface area contributed by atoms with Crippen LogP contribution < -0.4 is 0 Å². The van der Waals surface area contributed by atoms with Gasteiger partial charge in [-0.1, -0.05) is 30.3 Å². The maximum Gasteiger partial charge on any atom is 0.339 e. The maximum absolute atomic E-state index is 11.7. The Labute approximate surface area is 98.5 Å². The molecule has 0 amide bonds. The van der Waals surface area contributed by atoms with Crippen LogP contribution in [0.15, 0.2) is 41.1 Å². The number of esters is 1. The highest BCUT2D eigenvalue weighted by Gasteiger charge is 2.10. The molecule has 1 aromatic heterocycles. The number of thiophene rings is 1. The van der Waals surface area contributed by atoms with Gasteiger partial charge in [-0.2, -0.15) is 11.3 Å². The molecular formula is C13H12O2S. The molecule has 0 saturated heterocycles. The molecule has 0 spiro atoms. The molecule has 0 fully saturated rings. The Morgan fingerprint density at radius 3 is 2.62 bits per heavy atom. The molecule has 0 N–H and O–H groups in total. The Morgan fingerprint density at radius 1 is 1.25 bits per heavy atom. The zero-order valence-corrected chi connectivity index (χ0v) is 9.79. The monoisotopic (exact) mass is 232 g/mol. The van der Waals surface area contributed by atoms with Gasteiger partial charge in [0.05, 0.1) is 5.56 Å². The zero-order valence-electron chi connectivity index (χ0n) is 8.97. The van der Waals surface area contributed by atoms with Crippen LogP contribution in [-0.4, -0.2) is 5.97 Å². The lowest BCUT2D eigenvalue weighted by atomic mass is 10.2. The van der Waals surface area contributed by atoms with Crippen molar-refractivity contribution in [1.82, 2.24) is 0 Å². The molecule has 0 radical (unpaired) electrons. The molecule has 0 atom stereocenters. The highest BCUT2D eigenvalue weighted by atomic mass is 32.1. The van der Waals surface area contributed by atoms with E-state index in [2.05, 4.69) is 0 Å². The SMILES string of the molecule is Cc1cscc1C(=O)OCc1ccccc1. The Kier molecular flexibility index (Phi) is 3.37. The fourth-order valence-corrected chi connectivity index (χ4v) is 2.19. The number of hydrogen-bond donors (Lipinski definition) is 0. The summed E-state index contributed by atoms with van der Waals surface area (Å²) in [7, 11) is 0. The molecule has 0 bridgehead atoms. The first-order chi connectivity index (χ1) is 7.77. The van der Waals surface area contributed by atoms with Crippen LogP contribution in [0, 0.1) is 6.92 Å². The summed E-state index contributed by atoms with van der Waals surface area (Å²) in [5, 5.41) is 3.77. The van der Waals surface area contributed by atoms with Gasteiger partial charge in [-0.05, 0) is 23.4 Å². The van der Waals surface area contributed by atoms with Crippen molar-refractivity contribution in [2.24, 2.45) is 0 Å². The molecule has 82 valence electrons. The second kappa shape index (κ2) is 4.94. The van der Waals surface area contributed by atoms with E-state index in [4.69, 9.17) is 4.74 Å². The third-order valence-electron chi connectivity index (χ3n) is 2.29. The number of hydrogen-bond acceptors (Lipinski definition) is 3. The molecule has 2 rings (SSSR count). The zero-order chi connectivity index (χ0) is 11.4. The Hall–Kier alpha value is -1.61. The van der Waals surface area contributed by atoms with Crippen LogP contribution in [0.3, 0.4) is 0 Å². The van der Waals surface area contributed by atoms with Crippen LogP contribution >= 0.6 is 11.3 Å². The lowest BCUT2D eigenvalue weighted by Crippen LogP contribution is -2.05. The number of benzene rings is 1. The normalized spacial score (nSPS) is 10.1. The Balaban J connectivity index is 1.97. The number of aryl methyl sites for hydroxylation is 1. The van der Waals surface area contributed by atoms with Crippen molar-refractivity contribution < 1.29 is 9.53 Å². The number of rotatable bonds is 3. The average molecular weight is 232 g/mol. The second-order valence-corrected chi connectivity index (χ2v) is 4.27.